The molecule has 0 radical (unpaired) electrons. The first-order valence-corrected chi connectivity index (χ1v) is 7.89. The highest BCUT2D eigenvalue weighted by molar-refractivity contribution is 7.89. The second-order valence-electron chi connectivity index (χ2n) is 5.05. The van der Waals surface area contributed by atoms with E-state index in [1.807, 2.05) is 6.07 Å². The van der Waals surface area contributed by atoms with Crippen molar-refractivity contribution in [2.24, 2.45) is 0 Å². The topological polar surface area (TPSA) is 114 Å². The van der Waals surface area contributed by atoms with Gasteiger partial charge in [-0.25, -0.2) is 18.2 Å². The summed E-state index contributed by atoms with van der Waals surface area (Å²) in [5, 5.41) is 8.83. The van der Waals surface area contributed by atoms with Crippen LogP contribution in [-0.2, 0) is 14.8 Å². The maximum atomic E-state index is 12.4. The lowest BCUT2D eigenvalue weighted by molar-refractivity contribution is 0.0600. The predicted octanol–water partition coefficient (Wildman–Crippen LogP) is 0.455. The fourth-order valence-electron chi connectivity index (χ4n) is 2.09. The van der Waals surface area contributed by atoms with Crippen LogP contribution in [0.15, 0.2) is 29.7 Å². The fraction of sp³-hybridized carbons (Fsp3) is 0.308. The molecule has 1 fully saturated rings. The number of nitriles is 1. The number of methoxy groups -OCH3 is 1. The van der Waals surface area contributed by atoms with Crippen LogP contribution in [0, 0.1) is 11.3 Å². The van der Waals surface area contributed by atoms with Gasteiger partial charge in [-0.1, -0.05) is 0 Å². The number of esters is 1. The van der Waals surface area contributed by atoms with Gasteiger partial charge in [-0.3, -0.25) is 0 Å². The molecule has 0 aliphatic heterocycles. The van der Waals surface area contributed by atoms with Gasteiger partial charge < -0.3 is 9.14 Å². The van der Waals surface area contributed by atoms with Gasteiger partial charge in [-0.05, 0) is 25.0 Å². The highest BCUT2D eigenvalue weighted by Crippen LogP contribution is 2.36. The van der Waals surface area contributed by atoms with E-state index in [-0.39, 0.29) is 10.6 Å². The monoisotopic (exact) mass is 320 g/mol. The van der Waals surface area contributed by atoms with Crippen LogP contribution in [0.1, 0.15) is 23.2 Å². The molecule has 3 rings (SSSR count). The number of imidazole rings is 1. The van der Waals surface area contributed by atoms with E-state index >= 15 is 0 Å². The zero-order valence-corrected chi connectivity index (χ0v) is 12.4. The number of pyridine rings is 1. The Morgan fingerprint density at radius 1 is 1.50 bits per heavy atom. The second-order valence-corrected chi connectivity index (χ2v) is 6.65. The average Bonchev–Trinajstić information content (AvgIpc) is 3.12. The summed E-state index contributed by atoms with van der Waals surface area (Å²) < 4.78 is 33.1. The number of nitrogens with one attached hydrogen (secondary N) is 1. The number of fused-ring (bicyclic) bond motifs is 1. The minimum absolute atomic E-state index is 0.176. The molecule has 22 heavy (non-hydrogen) atoms. The van der Waals surface area contributed by atoms with Crippen molar-refractivity contribution in [1.82, 2.24) is 14.1 Å². The van der Waals surface area contributed by atoms with Gasteiger partial charge in [0.2, 0.25) is 0 Å². The minimum Gasteiger partial charge on any atom is -0.465 e. The van der Waals surface area contributed by atoms with Crippen molar-refractivity contribution in [2.75, 3.05) is 7.11 Å². The lowest BCUT2D eigenvalue weighted by Gasteiger charge is -2.08. The Morgan fingerprint density at radius 2 is 2.23 bits per heavy atom. The molecule has 114 valence electrons. The summed E-state index contributed by atoms with van der Waals surface area (Å²) in [5.41, 5.74) is -0.422. The average molecular weight is 320 g/mol. The zero-order valence-electron chi connectivity index (χ0n) is 11.6. The number of aromatic nitrogens is 2. The molecule has 1 saturated carbocycles. The molecular formula is C13H12N4O4S. The van der Waals surface area contributed by atoms with Crippen molar-refractivity contribution < 1.29 is 17.9 Å². The Hall–Kier alpha value is -2.44. The number of nitrogens with zero attached hydrogens (tertiary/aromatic N) is 3. The maximum Gasteiger partial charge on any atom is 0.339 e. The van der Waals surface area contributed by atoms with E-state index in [1.54, 1.807) is 0 Å². The van der Waals surface area contributed by atoms with Gasteiger partial charge in [0.05, 0.1) is 24.3 Å². The smallest absolute Gasteiger partial charge is 0.339 e. The Kier molecular flexibility index (Phi) is 3.16. The molecule has 0 aromatic carbocycles. The normalized spacial score (nSPS) is 16.2. The quantitative estimate of drug-likeness (QED) is 0.818. The summed E-state index contributed by atoms with van der Waals surface area (Å²) in [6.45, 7) is 0. The Balaban J connectivity index is 2.02. The molecule has 1 aliphatic rings. The number of hydrogen-bond donors (Lipinski definition) is 1. The number of rotatable bonds is 4. The summed E-state index contributed by atoms with van der Waals surface area (Å²) in [6.07, 6.45) is 3.70. The Morgan fingerprint density at radius 3 is 2.82 bits per heavy atom. The van der Waals surface area contributed by atoms with Gasteiger partial charge in [0.25, 0.3) is 10.0 Å². The molecular weight excluding hydrogens is 308 g/mol. The molecule has 0 amide bonds. The van der Waals surface area contributed by atoms with Crippen LogP contribution in [0.5, 0.6) is 0 Å². The van der Waals surface area contributed by atoms with Crippen molar-refractivity contribution in [3.05, 3.63) is 30.2 Å². The van der Waals surface area contributed by atoms with Crippen molar-refractivity contribution in [2.45, 2.75) is 23.4 Å². The summed E-state index contributed by atoms with van der Waals surface area (Å²) in [4.78, 5) is 15.4. The molecule has 9 heteroatoms. The molecule has 0 saturated heterocycles. The highest BCUT2D eigenvalue weighted by Gasteiger charge is 2.47. The van der Waals surface area contributed by atoms with Crippen molar-refractivity contribution in [3.63, 3.8) is 0 Å². The summed E-state index contributed by atoms with van der Waals surface area (Å²) in [7, 11) is -2.65. The Labute approximate surface area is 126 Å². The van der Waals surface area contributed by atoms with Crippen LogP contribution < -0.4 is 4.72 Å². The molecule has 0 atom stereocenters. The third-order valence-electron chi connectivity index (χ3n) is 3.47. The van der Waals surface area contributed by atoms with Crippen LogP contribution in [-0.4, -0.2) is 36.4 Å². The molecule has 2 aromatic heterocycles. The van der Waals surface area contributed by atoms with Gasteiger partial charge in [0, 0.05) is 6.20 Å². The largest absolute Gasteiger partial charge is 0.465 e. The van der Waals surface area contributed by atoms with Crippen molar-refractivity contribution in [1.29, 1.82) is 5.26 Å². The molecule has 0 spiro atoms. The second kappa shape index (κ2) is 4.79. The number of carbonyl (C=O) groups excluding carboxylic acids is 1. The van der Waals surface area contributed by atoms with Gasteiger partial charge in [0.15, 0.2) is 5.03 Å². The summed E-state index contributed by atoms with van der Waals surface area (Å²) >= 11 is 0. The zero-order chi connectivity index (χ0) is 16.0. The molecule has 2 heterocycles. The first-order valence-electron chi connectivity index (χ1n) is 6.41. The molecule has 0 unspecified atom stereocenters. The minimum atomic E-state index is -3.91. The van der Waals surface area contributed by atoms with E-state index in [2.05, 4.69) is 14.4 Å². The van der Waals surface area contributed by atoms with Crippen LogP contribution >= 0.6 is 0 Å². The van der Waals surface area contributed by atoms with E-state index in [9.17, 15) is 13.2 Å². The third-order valence-corrected chi connectivity index (χ3v) is 4.95. The van der Waals surface area contributed by atoms with E-state index in [1.165, 1.54) is 36.2 Å². The summed E-state index contributed by atoms with van der Waals surface area (Å²) in [6, 6.07) is 4.89. The molecule has 1 aliphatic carbocycles. The van der Waals surface area contributed by atoms with E-state index in [4.69, 9.17) is 5.26 Å². The molecule has 2 aromatic rings. The van der Waals surface area contributed by atoms with Crippen LogP contribution in [0.4, 0.5) is 0 Å². The lowest BCUT2D eigenvalue weighted by Crippen LogP contribution is -2.35. The predicted molar refractivity (Wildman–Crippen MR) is 74.4 cm³/mol. The Bertz CT molecular complexity index is 906. The van der Waals surface area contributed by atoms with Crippen molar-refractivity contribution in [3.8, 4) is 6.07 Å². The van der Waals surface area contributed by atoms with E-state index in [0.29, 0.717) is 18.4 Å². The standard InChI is InChI=1S/C13H12N4O4S/c1-21-12(18)9-2-3-10-11(15-8-17(10)6-9)22(19,20)16-13(7-14)4-5-13/h2-3,6,8,16H,4-5H2,1H3. The fourth-order valence-corrected chi connectivity index (χ4v) is 3.58. The van der Waals surface area contributed by atoms with Crippen LogP contribution in [0.3, 0.4) is 0 Å². The van der Waals surface area contributed by atoms with Crippen molar-refractivity contribution >= 4 is 21.5 Å². The maximum absolute atomic E-state index is 12.4. The van der Waals surface area contributed by atoms with Crippen LogP contribution in [0.25, 0.3) is 5.52 Å². The number of carbonyl (C=O) groups is 1. The third kappa shape index (κ3) is 2.32. The number of ether oxygens (including phenoxy) is 1. The number of sulfonamides is 1. The van der Waals surface area contributed by atoms with Gasteiger partial charge >= 0.3 is 5.97 Å². The van der Waals surface area contributed by atoms with E-state index in [0.717, 1.165) is 0 Å². The van der Waals surface area contributed by atoms with Gasteiger partial charge in [0.1, 0.15) is 11.9 Å². The first kappa shape index (κ1) is 14.5. The highest BCUT2D eigenvalue weighted by atomic mass is 32.2. The first-order chi connectivity index (χ1) is 10.4. The van der Waals surface area contributed by atoms with Crippen LogP contribution in [0.2, 0.25) is 0 Å². The molecule has 1 N–H and O–H groups in total. The van der Waals surface area contributed by atoms with Gasteiger partial charge in [-0.15, -0.1) is 0 Å². The van der Waals surface area contributed by atoms with E-state index < -0.39 is 21.5 Å². The molecule has 8 nitrogen and oxygen atoms in total. The number of hydrogen-bond acceptors (Lipinski definition) is 6. The summed E-state index contributed by atoms with van der Waals surface area (Å²) in [5.74, 6) is -0.528. The lowest BCUT2D eigenvalue weighted by atomic mass is 10.3. The SMILES string of the molecule is COC(=O)c1ccc2c(S(=O)(=O)NC3(C#N)CC3)ncn2c1. The van der Waals surface area contributed by atoms with Gasteiger partial charge in [-0.2, -0.15) is 9.98 Å². The molecule has 0 bridgehead atoms.